The van der Waals surface area contributed by atoms with E-state index in [1.54, 1.807) is 0 Å². The van der Waals surface area contributed by atoms with Gasteiger partial charge in [-0.1, -0.05) is 50.6 Å². The first-order valence-electron chi connectivity index (χ1n) is 10.8. The number of anilines is 2. The summed E-state index contributed by atoms with van der Waals surface area (Å²) in [5.41, 5.74) is 7.35. The summed E-state index contributed by atoms with van der Waals surface area (Å²) in [6.45, 7) is 14.8. The molecule has 0 radical (unpaired) electrons. The van der Waals surface area contributed by atoms with Gasteiger partial charge < -0.3 is 10.2 Å². The molecule has 1 amide bonds. The van der Waals surface area contributed by atoms with Crippen molar-refractivity contribution < 1.29 is 4.79 Å². The highest BCUT2D eigenvalue weighted by molar-refractivity contribution is 5.93. The van der Waals surface area contributed by atoms with Crippen molar-refractivity contribution in [2.75, 3.05) is 23.3 Å². The first-order chi connectivity index (χ1) is 13.6. The van der Waals surface area contributed by atoms with Gasteiger partial charge in [0.2, 0.25) is 5.91 Å². The highest BCUT2D eigenvalue weighted by atomic mass is 16.1. The number of amides is 1. The second-order valence-electron chi connectivity index (χ2n) is 9.92. The predicted octanol–water partition coefficient (Wildman–Crippen LogP) is 6.37. The maximum absolute atomic E-state index is 12.4. The van der Waals surface area contributed by atoms with Crippen LogP contribution in [0.3, 0.4) is 0 Å². The van der Waals surface area contributed by atoms with Gasteiger partial charge in [-0.2, -0.15) is 0 Å². The van der Waals surface area contributed by atoms with Gasteiger partial charge in [0.1, 0.15) is 0 Å². The summed E-state index contributed by atoms with van der Waals surface area (Å²) in [5, 5.41) is 3.14. The lowest BCUT2D eigenvalue weighted by atomic mass is 9.88. The van der Waals surface area contributed by atoms with E-state index in [1.165, 1.54) is 29.7 Å². The molecule has 1 N–H and O–H groups in total. The summed E-state index contributed by atoms with van der Waals surface area (Å²) in [4.78, 5) is 14.9. The molecule has 3 nitrogen and oxygen atoms in total. The van der Waals surface area contributed by atoms with Crippen LogP contribution in [-0.2, 0) is 4.79 Å². The van der Waals surface area contributed by atoms with Gasteiger partial charge in [-0.15, -0.1) is 0 Å². The first-order valence-corrected chi connectivity index (χ1v) is 10.8. The smallest absolute Gasteiger partial charge is 0.224 e. The van der Waals surface area contributed by atoms with E-state index in [9.17, 15) is 4.79 Å². The fourth-order valence-corrected chi connectivity index (χ4v) is 4.38. The summed E-state index contributed by atoms with van der Waals surface area (Å²) < 4.78 is 0. The number of rotatable bonds is 4. The van der Waals surface area contributed by atoms with Crippen LogP contribution in [0.25, 0.3) is 0 Å². The zero-order valence-corrected chi connectivity index (χ0v) is 18.9. The second kappa shape index (κ2) is 8.61. The number of hydrogen-bond donors (Lipinski definition) is 1. The minimum Gasteiger partial charge on any atom is -0.371 e. The van der Waals surface area contributed by atoms with Gasteiger partial charge in [0, 0.05) is 30.9 Å². The molecule has 0 unspecified atom stereocenters. The van der Waals surface area contributed by atoms with Crippen LogP contribution in [0.15, 0.2) is 36.4 Å². The molecule has 0 aliphatic carbocycles. The van der Waals surface area contributed by atoms with E-state index in [2.05, 4.69) is 88.2 Å². The Morgan fingerprint density at radius 3 is 2.21 bits per heavy atom. The second-order valence-corrected chi connectivity index (χ2v) is 9.92. The number of benzene rings is 2. The Labute approximate surface area is 176 Å². The van der Waals surface area contributed by atoms with E-state index in [1.807, 2.05) is 0 Å². The summed E-state index contributed by atoms with van der Waals surface area (Å²) >= 11 is 0. The van der Waals surface area contributed by atoms with Crippen molar-refractivity contribution in [2.45, 2.75) is 66.7 Å². The molecule has 0 atom stereocenters. The minimum absolute atomic E-state index is 0.00648. The minimum atomic E-state index is -0.00648. The molecule has 1 fully saturated rings. The molecule has 0 bridgehead atoms. The molecule has 1 aliphatic heterocycles. The van der Waals surface area contributed by atoms with Gasteiger partial charge in [-0.25, -0.2) is 0 Å². The van der Waals surface area contributed by atoms with E-state index in [-0.39, 0.29) is 11.3 Å². The molecule has 3 heteroatoms. The van der Waals surface area contributed by atoms with Crippen LogP contribution < -0.4 is 10.2 Å². The lowest BCUT2D eigenvalue weighted by Crippen LogP contribution is -2.33. The van der Waals surface area contributed by atoms with E-state index in [4.69, 9.17) is 0 Å². The van der Waals surface area contributed by atoms with Crippen LogP contribution in [0.2, 0.25) is 0 Å². The lowest BCUT2D eigenvalue weighted by Gasteiger charge is -2.34. The third-order valence-corrected chi connectivity index (χ3v) is 5.85. The number of hydrogen-bond acceptors (Lipinski definition) is 2. The molecular formula is C26H36N2O. The zero-order valence-electron chi connectivity index (χ0n) is 18.9. The Hall–Kier alpha value is -2.29. The first kappa shape index (κ1) is 21.4. The fourth-order valence-electron chi connectivity index (χ4n) is 4.38. The van der Waals surface area contributed by atoms with Gasteiger partial charge in [0.05, 0.1) is 0 Å². The van der Waals surface area contributed by atoms with Crippen molar-refractivity contribution in [3.63, 3.8) is 0 Å². The van der Waals surface area contributed by atoms with Crippen molar-refractivity contribution >= 4 is 17.3 Å². The highest BCUT2D eigenvalue weighted by Crippen LogP contribution is 2.33. The van der Waals surface area contributed by atoms with Crippen LogP contribution in [0.1, 0.15) is 68.2 Å². The zero-order chi connectivity index (χ0) is 21.2. The van der Waals surface area contributed by atoms with E-state index in [0.29, 0.717) is 12.3 Å². The molecular weight excluding hydrogens is 356 g/mol. The maximum atomic E-state index is 12.4. The Morgan fingerprint density at radius 2 is 1.66 bits per heavy atom. The number of carbonyl (C=O) groups excluding carboxylic acids is 1. The molecule has 2 aromatic carbocycles. The number of aryl methyl sites for hydroxylation is 3. The Morgan fingerprint density at radius 1 is 1.03 bits per heavy atom. The van der Waals surface area contributed by atoms with Gasteiger partial charge in [0.25, 0.3) is 0 Å². The third-order valence-electron chi connectivity index (χ3n) is 5.85. The van der Waals surface area contributed by atoms with Crippen molar-refractivity contribution in [1.29, 1.82) is 0 Å². The Bertz CT molecular complexity index is 848. The van der Waals surface area contributed by atoms with Gasteiger partial charge in [-0.3, -0.25) is 4.79 Å². The maximum Gasteiger partial charge on any atom is 0.224 e. The standard InChI is InChI=1S/C26H36N2O/c1-18-8-7-9-22(14-18)21-10-12-28(13-11-21)23-15-19(2)25(20(3)16-23)27-24(29)17-26(4,5)6/h7-9,14-16,21H,10-13,17H2,1-6H3,(H,27,29). The summed E-state index contributed by atoms with van der Waals surface area (Å²) in [5.74, 6) is 0.750. The van der Waals surface area contributed by atoms with E-state index < -0.39 is 0 Å². The number of piperidine rings is 1. The lowest BCUT2D eigenvalue weighted by molar-refractivity contribution is -0.117. The average molecular weight is 393 g/mol. The Balaban J connectivity index is 1.67. The summed E-state index contributed by atoms with van der Waals surface area (Å²) in [7, 11) is 0. The topological polar surface area (TPSA) is 32.3 Å². The van der Waals surface area contributed by atoms with E-state index >= 15 is 0 Å². The SMILES string of the molecule is Cc1cccc(C2CCN(c3cc(C)c(NC(=O)CC(C)(C)C)c(C)c3)CC2)c1. The molecule has 156 valence electrons. The molecule has 3 rings (SSSR count). The molecule has 1 heterocycles. The number of nitrogens with zero attached hydrogens (tertiary/aromatic N) is 1. The van der Waals surface area contributed by atoms with Gasteiger partial charge in [0.15, 0.2) is 0 Å². The number of carbonyl (C=O) groups is 1. The van der Waals surface area contributed by atoms with Crippen LogP contribution in [0.4, 0.5) is 11.4 Å². The van der Waals surface area contributed by atoms with Crippen LogP contribution in [0.5, 0.6) is 0 Å². The molecule has 1 aliphatic rings. The average Bonchev–Trinajstić information content (AvgIpc) is 2.63. The van der Waals surface area contributed by atoms with Crippen molar-refractivity contribution in [3.05, 3.63) is 58.7 Å². The summed E-state index contributed by atoms with van der Waals surface area (Å²) in [6, 6.07) is 13.4. The normalized spacial score (nSPS) is 15.4. The fraction of sp³-hybridized carbons (Fsp3) is 0.500. The molecule has 2 aromatic rings. The van der Waals surface area contributed by atoms with Gasteiger partial charge in [-0.05, 0) is 73.8 Å². The van der Waals surface area contributed by atoms with Crippen molar-refractivity contribution in [2.24, 2.45) is 5.41 Å². The molecule has 0 spiro atoms. The van der Waals surface area contributed by atoms with Crippen LogP contribution in [-0.4, -0.2) is 19.0 Å². The van der Waals surface area contributed by atoms with Crippen LogP contribution >= 0.6 is 0 Å². The van der Waals surface area contributed by atoms with Crippen LogP contribution in [0, 0.1) is 26.2 Å². The van der Waals surface area contributed by atoms with Gasteiger partial charge >= 0.3 is 0 Å². The van der Waals surface area contributed by atoms with Crippen molar-refractivity contribution in [3.8, 4) is 0 Å². The molecule has 1 saturated heterocycles. The largest absolute Gasteiger partial charge is 0.371 e. The molecule has 0 aromatic heterocycles. The quantitative estimate of drug-likeness (QED) is 0.655. The molecule has 0 saturated carbocycles. The Kier molecular flexibility index (Phi) is 6.36. The third kappa shape index (κ3) is 5.62. The van der Waals surface area contributed by atoms with E-state index in [0.717, 1.165) is 29.9 Å². The predicted molar refractivity (Wildman–Crippen MR) is 124 cm³/mol. The monoisotopic (exact) mass is 392 g/mol. The summed E-state index contributed by atoms with van der Waals surface area (Å²) in [6.07, 6.45) is 2.90. The number of nitrogens with one attached hydrogen (secondary N) is 1. The molecule has 29 heavy (non-hydrogen) atoms. The highest BCUT2D eigenvalue weighted by Gasteiger charge is 2.22. The van der Waals surface area contributed by atoms with Crippen molar-refractivity contribution in [1.82, 2.24) is 0 Å².